The van der Waals surface area contributed by atoms with Gasteiger partial charge in [0, 0.05) is 12.6 Å². The van der Waals surface area contributed by atoms with Gasteiger partial charge in [-0.1, -0.05) is 0 Å². The molecule has 0 saturated heterocycles. The van der Waals surface area contributed by atoms with E-state index in [-0.39, 0.29) is 11.6 Å². The summed E-state index contributed by atoms with van der Waals surface area (Å²) >= 11 is 0. The van der Waals surface area contributed by atoms with Crippen LogP contribution in [-0.4, -0.2) is 24.2 Å². The summed E-state index contributed by atoms with van der Waals surface area (Å²) in [7, 11) is 0. The van der Waals surface area contributed by atoms with Crippen LogP contribution in [0.4, 0.5) is 0 Å². The molecule has 2 aliphatic rings. The summed E-state index contributed by atoms with van der Waals surface area (Å²) in [4.78, 5) is 11.5. The van der Waals surface area contributed by atoms with Crippen molar-refractivity contribution in [3.8, 4) is 0 Å². The first-order chi connectivity index (χ1) is 7.96. The molecule has 0 aliphatic heterocycles. The predicted octanol–water partition coefficient (Wildman–Crippen LogP) is 2.50. The Morgan fingerprint density at radius 2 is 1.76 bits per heavy atom. The second-order valence-corrected chi connectivity index (χ2v) is 6.49. The Morgan fingerprint density at radius 3 is 2.18 bits per heavy atom. The first-order valence-electron chi connectivity index (χ1n) is 6.91. The molecule has 1 N–H and O–H groups in total. The molecule has 3 heteroatoms. The Labute approximate surface area is 104 Å². The molecular weight excluding hydrogens is 214 g/mol. The van der Waals surface area contributed by atoms with Crippen LogP contribution in [0, 0.1) is 11.8 Å². The summed E-state index contributed by atoms with van der Waals surface area (Å²) in [5, 5.41) is 3.56. The van der Waals surface area contributed by atoms with Crippen molar-refractivity contribution in [1.29, 1.82) is 0 Å². The molecule has 0 unspecified atom stereocenters. The molecule has 0 amide bonds. The fourth-order valence-corrected chi connectivity index (χ4v) is 2.36. The number of rotatable bonds is 6. The molecule has 2 aliphatic carbocycles. The second kappa shape index (κ2) is 4.97. The van der Waals surface area contributed by atoms with Crippen molar-refractivity contribution in [2.24, 2.45) is 11.8 Å². The number of ether oxygens (including phenoxy) is 1. The largest absolute Gasteiger partial charge is 0.460 e. The summed E-state index contributed by atoms with van der Waals surface area (Å²) in [6, 6.07) is 0.678. The molecule has 0 atom stereocenters. The van der Waals surface area contributed by atoms with Crippen LogP contribution in [-0.2, 0) is 9.53 Å². The van der Waals surface area contributed by atoms with Gasteiger partial charge in [0.2, 0.25) is 0 Å². The number of hydrogen-bond acceptors (Lipinski definition) is 3. The first-order valence-corrected chi connectivity index (χ1v) is 6.91. The lowest BCUT2D eigenvalue weighted by molar-refractivity contribution is -0.154. The van der Waals surface area contributed by atoms with Crippen molar-refractivity contribution in [3.05, 3.63) is 0 Å². The zero-order chi connectivity index (χ0) is 12.5. The zero-order valence-corrected chi connectivity index (χ0v) is 11.3. The molecule has 2 fully saturated rings. The lowest BCUT2D eigenvalue weighted by Crippen LogP contribution is -2.35. The number of hydrogen-bond donors (Lipinski definition) is 1. The van der Waals surface area contributed by atoms with Crippen LogP contribution in [0.15, 0.2) is 0 Å². The van der Waals surface area contributed by atoms with Crippen LogP contribution in [0.1, 0.15) is 52.9 Å². The maximum atomic E-state index is 11.5. The number of carbonyl (C=O) groups is 1. The van der Waals surface area contributed by atoms with Gasteiger partial charge in [-0.15, -0.1) is 0 Å². The average Bonchev–Trinajstić information content (AvgIpc) is 3.01. The standard InChI is InChI=1S/C14H25NO2/c1-14(2,3)17-12(16)8-9-15-13(10-4-5-10)11-6-7-11/h10-11,13,15H,4-9H2,1-3H3. The van der Waals surface area contributed by atoms with E-state index in [9.17, 15) is 4.79 Å². The lowest BCUT2D eigenvalue weighted by Gasteiger charge is -2.21. The average molecular weight is 239 g/mol. The minimum atomic E-state index is -0.358. The minimum Gasteiger partial charge on any atom is -0.460 e. The van der Waals surface area contributed by atoms with Crippen molar-refractivity contribution < 1.29 is 9.53 Å². The molecular formula is C14H25NO2. The third-order valence-electron chi connectivity index (χ3n) is 3.39. The smallest absolute Gasteiger partial charge is 0.307 e. The maximum absolute atomic E-state index is 11.5. The highest BCUT2D eigenvalue weighted by Crippen LogP contribution is 2.44. The third-order valence-corrected chi connectivity index (χ3v) is 3.39. The van der Waals surface area contributed by atoms with Gasteiger partial charge in [-0.25, -0.2) is 0 Å². The summed E-state index contributed by atoms with van der Waals surface area (Å²) in [5.74, 6) is 1.69. The van der Waals surface area contributed by atoms with E-state index < -0.39 is 0 Å². The molecule has 0 spiro atoms. The summed E-state index contributed by atoms with van der Waals surface area (Å²) in [6.45, 7) is 6.51. The maximum Gasteiger partial charge on any atom is 0.307 e. The molecule has 17 heavy (non-hydrogen) atoms. The summed E-state index contributed by atoms with van der Waals surface area (Å²) < 4.78 is 5.29. The molecule has 0 bridgehead atoms. The molecule has 0 aromatic rings. The normalized spacial score (nSPS) is 20.7. The van der Waals surface area contributed by atoms with E-state index in [2.05, 4.69) is 5.32 Å². The van der Waals surface area contributed by atoms with Crippen molar-refractivity contribution in [2.45, 2.75) is 64.5 Å². The van der Waals surface area contributed by atoms with Crippen molar-refractivity contribution in [2.75, 3.05) is 6.54 Å². The van der Waals surface area contributed by atoms with Gasteiger partial charge in [0.1, 0.15) is 5.60 Å². The molecule has 0 heterocycles. The van der Waals surface area contributed by atoms with Gasteiger partial charge < -0.3 is 10.1 Å². The Morgan fingerprint density at radius 1 is 1.24 bits per heavy atom. The summed E-state index contributed by atoms with van der Waals surface area (Å²) in [6.07, 6.45) is 6.00. The minimum absolute atomic E-state index is 0.0876. The van der Waals surface area contributed by atoms with E-state index in [0.717, 1.165) is 18.4 Å². The Balaban J connectivity index is 1.62. The number of nitrogens with one attached hydrogen (secondary N) is 1. The zero-order valence-electron chi connectivity index (χ0n) is 11.3. The van der Waals surface area contributed by atoms with Crippen LogP contribution in [0.2, 0.25) is 0 Å². The van der Waals surface area contributed by atoms with Gasteiger partial charge in [-0.05, 0) is 58.3 Å². The highest BCUT2D eigenvalue weighted by atomic mass is 16.6. The van der Waals surface area contributed by atoms with E-state index in [1.165, 1.54) is 25.7 Å². The Kier molecular flexibility index (Phi) is 3.76. The monoisotopic (exact) mass is 239 g/mol. The van der Waals surface area contributed by atoms with Gasteiger partial charge in [0.15, 0.2) is 0 Å². The van der Waals surface area contributed by atoms with E-state index >= 15 is 0 Å². The predicted molar refractivity (Wildman–Crippen MR) is 67.7 cm³/mol. The van der Waals surface area contributed by atoms with E-state index in [4.69, 9.17) is 4.74 Å². The molecule has 98 valence electrons. The third kappa shape index (κ3) is 4.66. The Bertz CT molecular complexity index is 262. The molecule has 2 saturated carbocycles. The summed E-state index contributed by atoms with van der Waals surface area (Å²) in [5.41, 5.74) is -0.358. The van der Waals surface area contributed by atoms with Crippen molar-refractivity contribution >= 4 is 5.97 Å². The van der Waals surface area contributed by atoms with Crippen LogP contribution in [0.3, 0.4) is 0 Å². The van der Waals surface area contributed by atoms with Crippen LogP contribution >= 0.6 is 0 Å². The van der Waals surface area contributed by atoms with Gasteiger partial charge in [-0.2, -0.15) is 0 Å². The molecule has 2 rings (SSSR count). The highest BCUT2D eigenvalue weighted by molar-refractivity contribution is 5.70. The van der Waals surface area contributed by atoms with E-state index in [1.807, 2.05) is 20.8 Å². The number of carbonyl (C=O) groups excluding carboxylic acids is 1. The van der Waals surface area contributed by atoms with Gasteiger partial charge >= 0.3 is 5.97 Å². The van der Waals surface area contributed by atoms with Crippen LogP contribution in [0.5, 0.6) is 0 Å². The van der Waals surface area contributed by atoms with Crippen molar-refractivity contribution in [3.63, 3.8) is 0 Å². The second-order valence-electron chi connectivity index (χ2n) is 6.49. The van der Waals surface area contributed by atoms with Crippen molar-refractivity contribution in [1.82, 2.24) is 5.32 Å². The molecule has 0 aromatic heterocycles. The molecule has 0 aromatic carbocycles. The lowest BCUT2D eigenvalue weighted by atomic mass is 10.1. The van der Waals surface area contributed by atoms with E-state index in [0.29, 0.717) is 12.5 Å². The van der Waals surface area contributed by atoms with Gasteiger partial charge in [0.05, 0.1) is 6.42 Å². The molecule has 0 radical (unpaired) electrons. The van der Waals surface area contributed by atoms with Gasteiger partial charge in [0.25, 0.3) is 0 Å². The van der Waals surface area contributed by atoms with Gasteiger partial charge in [-0.3, -0.25) is 4.79 Å². The van der Waals surface area contributed by atoms with Crippen LogP contribution in [0.25, 0.3) is 0 Å². The quantitative estimate of drug-likeness (QED) is 0.724. The molecule has 3 nitrogen and oxygen atoms in total. The fourth-order valence-electron chi connectivity index (χ4n) is 2.36. The van der Waals surface area contributed by atoms with Crippen LogP contribution < -0.4 is 5.32 Å². The Hall–Kier alpha value is -0.570. The SMILES string of the molecule is CC(C)(C)OC(=O)CCNC(C1CC1)C1CC1. The topological polar surface area (TPSA) is 38.3 Å². The fraction of sp³-hybridized carbons (Fsp3) is 0.929. The first kappa shape index (κ1) is 12.9. The van der Waals surface area contributed by atoms with E-state index in [1.54, 1.807) is 0 Å². The number of esters is 1. The highest BCUT2D eigenvalue weighted by Gasteiger charge is 2.40.